The lowest BCUT2D eigenvalue weighted by atomic mass is 10.2. The predicted molar refractivity (Wildman–Crippen MR) is 63.3 cm³/mol. The van der Waals surface area contributed by atoms with E-state index < -0.39 is 6.09 Å². The highest BCUT2D eigenvalue weighted by Gasteiger charge is 2.17. The maximum Gasteiger partial charge on any atom is 0.412 e. The molecule has 0 saturated carbocycles. The minimum absolute atomic E-state index is 0.102. The molecule has 16 heavy (non-hydrogen) atoms. The number of nitrogens with zero attached hydrogens (tertiary/aromatic N) is 1. The topological polar surface area (TPSA) is 49.8 Å². The molecule has 4 heteroatoms. The first-order valence-corrected chi connectivity index (χ1v) is 5.31. The zero-order chi connectivity index (χ0) is 12.1. The number of anilines is 1. The third-order valence-corrected chi connectivity index (χ3v) is 2.13. The molecule has 1 aromatic carbocycles. The van der Waals surface area contributed by atoms with Crippen molar-refractivity contribution in [3.63, 3.8) is 0 Å². The Labute approximate surface area is 95.5 Å². The Kier molecular flexibility index (Phi) is 4.17. The normalized spacial score (nSPS) is 10.2. The van der Waals surface area contributed by atoms with Gasteiger partial charge in [-0.3, -0.25) is 4.90 Å². The molecule has 4 nitrogen and oxygen atoms in total. The van der Waals surface area contributed by atoms with Crippen LogP contribution in [0, 0.1) is 0 Å². The molecule has 0 heterocycles. The number of carbonyl (C=O) groups is 1. The molecule has 1 aromatic rings. The van der Waals surface area contributed by atoms with Crippen LogP contribution in [0.2, 0.25) is 0 Å². The highest BCUT2D eigenvalue weighted by Crippen LogP contribution is 2.23. The summed E-state index contributed by atoms with van der Waals surface area (Å²) >= 11 is 0. The van der Waals surface area contributed by atoms with Gasteiger partial charge in [-0.05, 0) is 32.9 Å². The first kappa shape index (κ1) is 12.4. The van der Waals surface area contributed by atoms with Crippen molar-refractivity contribution in [2.24, 2.45) is 0 Å². The summed E-state index contributed by atoms with van der Waals surface area (Å²) in [6, 6.07) is 7.00. The van der Waals surface area contributed by atoms with Crippen LogP contribution in [-0.4, -0.2) is 23.8 Å². The van der Waals surface area contributed by atoms with Crippen molar-refractivity contribution in [2.75, 3.05) is 11.5 Å². The summed E-state index contributed by atoms with van der Waals surface area (Å²) in [5.41, 5.74) is 0.633. The van der Waals surface area contributed by atoms with E-state index in [0.29, 0.717) is 18.0 Å². The van der Waals surface area contributed by atoms with Gasteiger partial charge in [-0.15, -0.1) is 0 Å². The average molecular weight is 223 g/mol. The molecule has 0 aliphatic heterocycles. The Balaban J connectivity index is 3.00. The summed E-state index contributed by atoms with van der Waals surface area (Å²) in [6.07, 6.45) is -0.955. The van der Waals surface area contributed by atoms with Crippen molar-refractivity contribution in [3.8, 4) is 5.75 Å². The van der Waals surface area contributed by atoms with E-state index in [-0.39, 0.29) is 6.04 Å². The molecule has 0 bridgehead atoms. The molecule has 1 N–H and O–H groups in total. The lowest BCUT2D eigenvalue weighted by Gasteiger charge is -2.23. The predicted octanol–water partition coefficient (Wildman–Crippen LogP) is 2.98. The van der Waals surface area contributed by atoms with Crippen LogP contribution in [0.15, 0.2) is 24.3 Å². The summed E-state index contributed by atoms with van der Waals surface area (Å²) in [6.45, 7) is 6.13. The van der Waals surface area contributed by atoms with Crippen LogP contribution in [0.3, 0.4) is 0 Å². The summed E-state index contributed by atoms with van der Waals surface area (Å²) in [7, 11) is 0. The molecule has 0 aromatic heterocycles. The first-order valence-electron chi connectivity index (χ1n) is 5.31. The highest BCUT2D eigenvalue weighted by atomic mass is 16.5. The fraction of sp³-hybridized carbons (Fsp3) is 0.417. The number of hydrogen-bond acceptors (Lipinski definition) is 2. The van der Waals surface area contributed by atoms with Crippen LogP contribution in [0.4, 0.5) is 10.5 Å². The van der Waals surface area contributed by atoms with E-state index in [9.17, 15) is 4.79 Å². The first-order chi connectivity index (χ1) is 7.56. The third kappa shape index (κ3) is 2.89. The SMILES string of the molecule is CCOc1cccc(N(C(=O)O)C(C)C)c1. The highest BCUT2D eigenvalue weighted by molar-refractivity contribution is 5.86. The summed E-state index contributed by atoms with van der Waals surface area (Å²) in [5.74, 6) is 0.687. The molecule has 0 aliphatic carbocycles. The molecular weight excluding hydrogens is 206 g/mol. The second kappa shape index (κ2) is 5.39. The van der Waals surface area contributed by atoms with Crippen LogP contribution in [0.1, 0.15) is 20.8 Å². The van der Waals surface area contributed by atoms with Crippen LogP contribution < -0.4 is 9.64 Å². The molecule has 1 amide bonds. The van der Waals surface area contributed by atoms with Gasteiger partial charge in [0, 0.05) is 12.1 Å². The summed E-state index contributed by atoms with van der Waals surface area (Å²) in [5, 5.41) is 9.10. The summed E-state index contributed by atoms with van der Waals surface area (Å²) < 4.78 is 5.34. The Morgan fingerprint density at radius 2 is 2.19 bits per heavy atom. The van der Waals surface area contributed by atoms with E-state index in [2.05, 4.69) is 0 Å². The fourth-order valence-electron chi connectivity index (χ4n) is 1.52. The molecule has 0 aliphatic rings. The van der Waals surface area contributed by atoms with Gasteiger partial charge in [0.25, 0.3) is 0 Å². The van der Waals surface area contributed by atoms with Gasteiger partial charge in [-0.2, -0.15) is 0 Å². The molecule has 88 valence electrons. The maximum absolute atomic E-state index is 11.1. The number of rotatable bonds is 4. The number of benzene rings is 1. The monoisotopic (exact) mass is 223 g/mol. The zero-order valence-electron chi connectivity index (χ0n) is 9.80. The lowest BCUT2D eigenvalue weighted by Crippen LogP contribution is -2.35. The van der Waals surface area contributed by atoms with Crippen molar-refractivity contribution < 1.29 is 14.6 Å². The molecule has 0 atom stereocenters. The maximum atomic E-state index is 11.1. The lowest BCUT2D eigenvalue weighted by molar-refractivity contribution is 0.200. The standard InChI is InChI=1S/C12H17NO3/c1-4-16-11-7-5-6-10(8-11)13(9(2)3)12(14)15/h5-9H,4H2,1-3H3,(H,14,15). The van der Waals surface area contributed by atoms with E-state index >= 15 is 0 Å². The zero-order valence-corrected chi connectivity index (χ0v) is 9.80. The second-order valence-electron chi connectivity index (χ2n) is 3.68. The van der Waals surface area contributed by atoms with E-state index in [1.807, 2.05) is 26.8 Å². The van der Waals surface area contributed by atoms with Gasteiger partial charge < -0.3 is 9.84 Å². The Hall–Kier alpha value is -1.71. The van der Waals surface area contributed by atoms with Crippen LogP contribution >= 0.6 is 0 Å². The van der Waals surface area contributed by atoms with Crippen molar-refractivity contribution in [1.82, 2.24) is 0 Å². The average Bonchev–Trinajstić information content (AvgIpc) is 2.17. The number of hydrogen-bond donors (Lipinski definition) is 1. The van der Waals surface area contributed by atoms with Gasteiger partial charge in [-0.25, -0.2) is 4.79 Å². The van der Waals surface area contributed by atoms with E-state index in [4.69, 9.17) is 9.84 Å². The van der Waals surface area contributed by atoms with Crippen LogP contribution in [-0.2, 0) is 0 Å². The molecule has 0 fully saturated rings. The smallest absolute Gasteiger partial charge is 0.412 e. The number of carboxylic acid groups (broad SMARTS) is 1. The Morgan fingerprint density at radius 3 is 2.69 bits per heavy atom. The van der Waals surface area contributed by atoms with Crippen molar-refractivity contribution in [2.45, 2.75) is 26.8 Å². The minimum atomic E-state index is -0.955. The van der Waals surface area contributed by atoms with Gasteiger partial charge in [0.2, 0.25) is 0 Å². The Morgan fingerprint density at radius 1 is 1.50 bits per heavy atom. The van der Waals surface area contributed by atoms with Gasteiger partial charge in [0.15, 0.2) is 0 Å². The van der Waals surface area contributed by atoms with Gasteiger partial charge in [0.1, 0.15) is 5.75 Å². The molecular formula is C12H17NO3. The van der Waals surface area contributed by atoms with E-state index in [1.165, 1.54) is 4.90 Å². The van der Waals surface area contributed by atoms with Crippen molar-refractivity contribution in [3.05, 3.63) is 24.3 Å². The van der Waals surface area contributed by atoms with E-state index in [1.54, 1.807) is 18.2 Å². The minimum Gasteiger partial charge on any atom is -0.494 e. The number of ether oxygens (including phenoxy) is 1. The molecule has 0 spiro atoms. The number of amides is 1. The van der Waals surface area contributed by atoms with Crippen molar-refractivity contribution in [1.29, 1.82) is 0 Å². The van der Waals surface area contributed by atoms with Gasteiger partial charge in [0.05, 0.1) is 12.3 Å². The Bertz CT molecular complexity index is 363. The molecule has 0 radical (unpaired) electrons. The molecule has 1 rings (SSSR count). The molecule has 0 saturated heterocycles. The fourth-order valence-corrected chi connectivity index (χ4v) is 1.52. The van der Waals surface area contributed by atoms with E-state index in [0.717, 1.165) is 0 Å². The quantitative estimate of drug-likeness (QED) is 0.853. The van der Waals surface area contributed by atoms with Gasteiger partial charge in [-0.1, -0.05) is 6.07 Å². The summed E-state index contributed by atoms with van der Waals surface area (Å²) in [4.78, 5) is 12.4. The molecule has 0 unspecified atom stereocenters. The van der Waals surface area contributed by atoms with Gasteiger partial charge >= 0.3 is 6.09 Å². The second-order valence-corrected chi connectivity index (χ2v) is 3.68. The third-order valence-electron chi connectivity index (χ3n) is 2.13. The van der Waals surface area contributed by atoms with Crippen LogP contribution in [0.5, 0.6) is 5.75 Å². The van der Waals surface area contributed by atoms with Crippen LogP contribution in [0.25, 0.3) is 0 Å². The largest absolute Gasteiger partial charge is 0.494 e. The van der Waals surface area contributed by atoms with Crippen molar-refractivity contribution >= 4 is 11.8 Å².